The fraction of sp³-hybridized carbons (Fsp3) is 0.533. The lowest BCUT2D eigenvalue weighted by Gasteiger charge is -2.36. The normalized spacial score (nSPS) is 20.6. The summed E-state index contributed by atoms with van der Waals surface area (Å²) < 4.78 is 0. The van der Waals surface area contributed by atoms with E-state index in [0.29, 0.717) is 5.92 Å². The first-order valence-corrected chi connectivity index (χ1v) is 6.90. The molecule has 0 bridgehead atoms. The number of hydrogen-bond donors (Lipinski definition) is 2. The SMILES string of the molecule is Cl.O=C(NC(c1ccccc1)C1CCC1)C1CNC1. The molecule has 19 heavy (non-hydrogen) atoms. The van der Waals surface area contributed by atoms with E-state index in [4.69, 9.17) is 0 Å². The summed E-state index contributed by atoms with van der Waals surface area (Å²) in [6.07, 6.45) is 3.78. The highest BCUT2D eigenvalue weighted by Gasteiger charge is 2.32. The number of benzene rings is 1. The van der Waals surface area contributed by atoms with Crippen LogP contribution in [0.3, 0.4) is 0 Å². The van der Waals surface area contributed by atoms with E-state index in [9.17, 15) is 4.79 Å². The molecule has 104 valence electrons. The molecule has 1 unspecified atom stereocenters. The van der Waals surface area contributed by atoms with Crippen LogP contribution in [0.5, 0.6) is 0 Å². The van der Waals surface area contributed by atoms with E-state index < -0.39 is 0 Å². The van der Waals surface area contributed by atoms with Crippen molar-refractivity contribution in [3.63, 3.8) is 0 Å². The van der Waals surface area contributed by atoms with Gasteiger partial charge < -0.3 is 10.6 Å². The predicted octanol–water partition coefficient (Wildman–Crippen LogP) is 2.29. The van der Waals surface area contributed by atoms with Crippen molar-refractivity contribution < 1.29 is 4.79 Å². The topological polar surface area (TPSA) is 41.1 Å². The maximum atomic E-state index is 12.1. The van der Waals surface area contributed by atoms with Crippen LogP contribution >= 0.6 is 12.4 Å². The van der Waals surface area contributed by atoms with E-state index in [1.807, 2.05) is 6.07 Å². The Balaban J connectivity index is 0.00000133. The van der Waals surface area contributed by atoms with Gasteiger partial charge in [0.2, 0.25) is 5.91 Å². The molecule has 0 spiro atoms. The van der Waals surface area contributed by atoms with Crippen LogP contribution in [0.2, 0.25) is 0 Å². The van der Waals surface area contributed by atoms with Gasteiger partial charge in [-0.1, -0.05) is 36.8 Å². The zero-order valence-corrected chi connectivity index (χ0v) is 11.8. The first-order chi connectivity index (χ1) is 8.84. The highest BCUT2D eigenvalue weighted by Crippen LogP contribution is 2.37. The molecule has 3 rings (SSSR count). The Bertz CT molecular complexity index is 415. The fourth-order valence-corrected chi connectivity index (χ4v) is 2.65. The molecule has 1 heterocycles. The van der Waals surface area contributed by atoms with E-state index in [-0.39, 0.29) is 30.3 Å². The summed E-state index contributed by atoms with van der Waals surface area (Å²) in [5.74, 6) is 1.02. The summed E-state index contributed by atoms with van der Waals surface area (Å²) in [7, 11) is 0. The molecular weight excluding hydrogens is 260 g/mol. The molecule has 1 aliphatic heterocycles. The van der Waals surface area contributed by atoms with Crippen molar-refractivity contribution >= 4 is 18.3 Å². The maximum absolute atomic E-state index is 12.1. The van der Waals surface area contributed by atoms with E-state index in [0.717, 1.165) is 13.1 Å². The Kier molecular flexibility index (Phi) is 4.83. The van der Waals surface area contributed by atoms with Gasteiger partial charge in [0.1, 0.15) is 0 Å². The number of rotatable bonds is 4. The van der Waals surface area contributed by atoms with Crippen LogP contribution < -0.4 is 10.6 Å². The first kappa shape index (κ1) is 14.4. The molecule has 2 N–H and O–H groups in total. The van der Waals surface area contributed by atoms with Gasteiger partial charge in [-0.05, 0) is 24.3 Å². The summed E-state index contributed by atoms with van der Waals surface area (Å²) in [4.78, 5) is 12.1. The lowest BCUT2D eigenvalue weighted by Crippen LogP contribution is -2.52. The minimum Gasteiger partial charge on any atom is -0.349 e. The molecule has 2 aliphatic rings. The van der Waals surface area contributed by atoms with Crippen molar-refractivity contribution in [1.29, 1.82) is 0 Å². The van der Waals surface area contributed by atoms with Gasteiger partial charge in [0.15, 0.2) is 0 Å². The first-order valence-electron chi connectivity index (χ1n) is 6.90. The molecule has 0 radical (unpaired) electrons. The number of hydrogen-bond acceptors (Lipinski definition) is 2. The Labute approximate surface area is 120 Å². The summed E-state index contributed by atoms with van der Waals surface area (Å²) in [6, 6.07) is 10.6. The van der Waals surface area contributed by atoms with Gasteiger partial charge in [0, 0.05) is 13.1 Å². The smallest absolute Gasteiger partial charge is 0.226 e. The van der Waals surface area contributed by atoms with Crippen LogP contribution in [0, 0.1) is 11.8 Å². The van der Waals surface area contributed by atoms with Crippen LogP contribution in [0.25, 0.3) is 0 Å². The van der Waals surface area contributed by atoms with Crippen LogP contribution in [0.15, 0.2) is 30.3 Å². The molecule has 3 nitrogen and oxygen atoms in total. The fourth-order valence-electron chi connectivity index (χ4n) is 2.65. The van der Waals surface area contributed by atoms with Crippen molar-refractivity contribution in [1.82, 2.24) is 10.6 Å². The average molecular weight is 281 g/mol. The van der Waals surface area contributed by atoms with Gasteiger partial charge in [-0.15, -0.1) is 12.4 Å². The van der Waals surface area contributed by atoms with Gasteiger partial charge in [0.25, 0.3) is 0 Å². The monoisotopic (exact) mass is 280 g/mol. The summed E-state index contributed by atoms with van der Waals surface area (Å²) in [6.45, 7) is 1.66. The molecule has 1 aromatic carbocycles. The van der Waals surface area contributed by atoms with Crippen molar-refractivity contribution in [3.05, 3.63) is 35.9 Å². The minimum atomic E-state index is 0. The second kappa shape index (κ2) is 6.40. The van der Waals surface area contributed by atoms with Crippen LogP contribution in [0.4, 0.5) is 0 Å². The average Bonchev–Trinajstić information content (AvgIpc) is 2.24. The van der Waals surface area contributed by atoms with E-state index in [1.54, 1.807) is 0 Å². The lowest BCUT2D eigenvalue weighted by atomic mass is 9.77. The van der Waals surface area contributed by atoms with Crippen LogP contribution in [-0.2, 0) is 4.79 Å². The zero-order valence-electron chi connectivity index (χ0n) is 11.0. The van der Waals surface area contributed by atoms with E-state index >= 15 is 0 Å². The molecule has 1 aliphatic carbocycles. The van der Waals surface area contributed by atoms with Gasteiger partial charge in [-0.2, -0.15) is 0 Å². The zero-order chi connectivity index (χ0) is 12.4. The van der Waals surface area contributed by atoms with Crippen LogP contribution in [0.1, 0.15) is 30.9 Å². The third-order valence-electron chi connectivity index (χ3n) is 4.23. The number of carbonyl (C=O) groups excluding carboxylic acids is 1. The molecule has 1 saturated carbocycles. The highest BCUT2D eigenvalue weighted by atomic mass is 35.5. The van der Waals surface area contributed by atoms with Crippen LogP contribution in [-0.4, -0.2) is 19.0 Å². The quantitative estimate of drug-likeness (QED) is 0.888. The molecule has 0 aromatic heterocycles. The molecule has 1 atom stereocenters. The second-order valence-electron chi connectivity index (χ2n) is 5.44. The van der Waals surface area contributed by atoms with Gasteiger partial charge in [0.05, 0.1) is 12.0 Å². The van der Waals surface area contributed by atoms with Gasteiger partial charge in [-0.3, -0.25) is 4.79 Å². The second-order valence-corrected chi connectivity index (χ2v) is 5.44. The summed E-state index contributed by atoms with van der Waals surface area (Å²) >= 11 is 0. The Hall–Kier alpha value is -1.06. The van der Waals surface area contributed by atoms with Crippen molar-refractivity contribution in [2.45, 2.75) is 25.3 Å². The largest absolute Gasteiger partial charge is 0.349 e. The van der Waals surface area contributed by atoms with Crippen molar-refractivity contribution in [2.24, 2.45) is 11.8 Å². The number of nitrogens with one attached hydrogen (secondary N) is 2. The lowest BCUT2D eigenvalue weighted by molar-refractivity contribution is -0.127. The molecule has 1 saturated heterocycles. The van der Waals surface area contributed by atoms with Gasteiger partial charge in [-0.25, -0.2) is 0 Å². The summed E-state index contributed by atoms with van der Waals surface area (Å²) in [5.41, 5.74) is 1.25. The third-order valence-corrected chi connectivity index (χ3v) is 4.23. The number of halogens is 1. The summed E-state index contributed by atoms with van der Waals surface area (Å²) in [5, 5.41) is 6.41. The number of amides is 1. The standard InChI is InChI=1S/C15H20N2O.ClH/c18-15(13-9-16-10-13)17-14(12-7-4-8-12)11-5-2-1-3-6-11;/h1-3,5-6,12-14,16H,4,7-10H2,(H,17,18);1H. The van der Waals surface area contributed by atoms with Crippen molar-refractivity contribution in [3.8, 4) is 0 Å². The molecule has 4 heteroatoms. The maximum Gasteiger partial charge on any atom is 0.226 e. The van der Waals surface area contributed by atoms with E-state index in [1.165, 1.54) is 24.8 Å². The Morgan fingerprint density at radius 2 is 1.89 bits per heavy atom. The highest BCUT2D eigenvalue weighted by molar-refractivity contribution is 5.85. The van der Waals surface area contributed by atoms with E-state index in [2.05, 4.69) is 34.9 Å². The predicted molar refractivity (Wildman–Crippen MR) is 78.3 cm³/mol. The third kappa shape index (κ3) is 3.10. The molecule has 1 aromatic rings. The Morgan fingerprint density at radius 3 is 2.37 bits per heavy atom. The Morgan fingerprint density at radius 1 is 1.21 bits per heavy atom. The van der Waals surface area contributed by atoms with Crippen molar-refractivity contribution in [2.75, 3.05) is 13.1 Å². The molecule has 2 fully saturated rings. The number of carbonyl (C=O) groups is 1. The molecule has 1 amide bonds. The van der Waals surface area contributed by atoms with Gasteiger partial charge >= 0.3 is 0 Å². The molecular formula is C15H21ClN2O. The minimum absolute atomic E-state index is 0.